The van der Waals surface area contributed by atoms with Crippen molar-refractivity contribution in [1.82, 2.24) is 5.32 Å². The highest BCUT2D eigenvalue weighted by atomic mass is 79.9. The molecule has 0 spiro atoms. The van der Waals surface area contributed by atoms with E-state index in [1.165, 1.54) is 0 Å². The molecule has 2 aromatic rings. The summed E-state index contributed by atoms with van der Waals surface area (Å²) in [6.07, 6.45) is 0. The predicted octanol–water partition coefficient (Wildman–Crippen LogP) is 3.71. The van der Waals surface area contributed by atoms with Gasteiger partial charge in [-0.2, -0.15) is 0 Å². The minimum absolute atomic E-state index is 0.0884. The highest BCUT2D eigenvalue weighted by Crippen LogP contribution is 2.28. The van der Waals surface area contributed by atoms with Gasteiger partial charge in [0.15, 0.2) is 0 Å². The molecule has 0 bridgehead atoms. The summed E-state index contributed by atoms with van der Waals surface area (Å²) in [5, 5.41) is 22.7. The first kappa shape index (κ1) is 13.9. The van der Waals surface area contributed by atoms with Gasteiger partial charge in [0.05, 0.1) is 4.47 Å². The third-order valence-electron chi connectivity index (χ3n) is 3.04. The van der Waals surface area contributed by atoms with Gasteiger partial charge in [-0.25, -0.2) is 0 Å². The van der Waals surface area contributed by atoms with Gasteiger partial charge < -0.3 is 15.5 Å². The Morgan fingerprint density at radius 3 is 2.63 bits per heavy atom. The van der Waals surface area contributed by atoms with E-state index in [1.54, 1.807) is 18.2 Å². The van der Waals surface area contributed by atoms with Gasteiger partial charge in [0, 0.05) is 18.2 Å². The van der Waals surface area contributed by atoms with Crippen LogP contribution >= 0.6 is 15.9 Å². The van der Waals surface area contributed by atoms with Gasteiger partial charge >= 0.3 is 0 Å². The Hall–Kier alpha value is -1.52. The third-order valence-corrected chi connectivity index (χ3v) is 3.68. The number of phenols is 2. The minimum atomic E-state index is 0.0884. The quantitative estimate of drug-likeness (QED) is 0.804. The molecule has 2 rings (SSSR count). The van der Waals surface area contributed by atoms with Crippen molar-refractivity contribution in [3.05, 3.63) is 58.1 Å². The molecule has 0 aliphatic carbocycles. The Labute approximate surface area is 121 Å². The summed E-state index contributed by atoms with van der Waals surface area (Å²) in [7, 11) is 0. The van der Waals surface area contributed by atoms with Crippen LogP contribution < -0.4 is 5.32 Å². The van der Waals surface area contributed by atoms with Crippen LogP contribution in [-0.4, -0.2) is 10.2 Å². The summed E-state index contributed by atoms with van der Waals surface area (Å²) in [5.74, 6) is 0.523. The van der Waals surface area contributed by atoms with Gasteiger partial charge in [0.1, 0.15) is 11.5 Å². The van der Waals surface area contributed by atoms with Crippen LogP contribution in [0.15, 0.2) is 46.9 Å². The standard InChI is InChI=1S/C15H16BrNO2/c1-10(11-4-2-6-13(18)8-11)17-9-12-5-3-7-14(16)15(12)19/h2-8,10,17-19H,9H2,1H3. The summed E-state index contributed by atoms with van der Waals surface area (Å²) in [6, 6.07) is 12.8. The van der Waals surface area contributed by atoms with Crippen molar-refractivity contribution >= 4 is 15.9 Å². The maximum absolute atomic E-state index is 9.90. The first-order valence-electron chi connectivity index (χ1n) is 6.06. The molecule has 3 nitrogen and oxygen atoms in total. The third kappa shape index (κ3) is 3.49. The van der Waals surface area contributed by atoms with Crippen molar-refractivity contribution in [1.29, 1.82) is 0 Å². The number of benzene rings is 2. The highest BCUT2D eigenvalue weighted by Gasteiger charge is 2.08. The summed E-state index contributed by atoms with van der Waals surface area (Å²) in [6.45, 7) is 2.58. The average Bonchev–Trinajstić information content (AvgIpc) is 2.40. The number of aromatic hydroxyl groups is 2. The Morgan fingerprint density at radius 1 is 1.16 bits per heavy atom. The van der Waals surface area contributed by atoms with Crippen LogP contribution in [0.25, 0.3) is 0 Å². The van der Waals surface area contributed by atoms with Crippen LogP contribution in [0.2, 0.25) is 0 Å². The van der Waals surface area contributed by atoms with E-state index < -0.39 is 0 Å². The van der Waals surface area contributed by atoms with E-state index in [9.17, 15) is 10.2 Å². The molecule has 1 atom stereocenters. The fraction of sp³-hybridized carbons (Fsp3) is 0.200. The fourth-order valence-corrected chi connectivity index (χ4v) is 2.28. The largest absolute Gasteiger partial charge is 0.508 e. The normalized spacial score (nSPS) is 12.3. The maximum atomic E-state index is 9.90. The maximum Gasteiger partial charge on any atom is 0.134 e. The number of hydrogen-bond acceptors (Lipinski definition) is 3. The van der Waals surface area contributed by atoms with Crippen molar-refractivity contribution in [2.45, 2.75) is 19.5 Å². The molecule has 2 aromatic carbocycles. The predicted molar refractivity (Wildman–Crippen MR) is 79.2 cm³/mol. The van der Waals surface area contributed by atoms with Crippen LogP contribution in [0.5, 0.6) is 11.5 Å². The summed E-state index contributed by atoms with van der Waals surface area (Å²) in [5.41, 5.74) is 1.84. The monoisotopic (exact) mass is 321 g/mol. The van der Waals surface area contributed by atoms with E-state index in [1.807, 2.05) is 31.2 Å². The van der Waals surface area contributed by atoms with Crippen molar-refractivity contribution in [2.24, 2.45) is 0 Å². The molecule has 0 aliphatic rings. The van der Waals surface area contributed by atoms with Crippen molar-refractivity contribution < 1.29 is 10.2 Å². The van der Waals surface area contributed by atoms with Crippen molar-refractivity contribution in [2.75, 3.05) is 0 Å². The SMILES string of the molecule is CC(NCc1cccc(Br)c1O)c1cccc(O)c1. The van der Waals surface area contributed by atoms with Crippen LogP contribution in [0.3, 0.4) is 0 Å². The zero-order chi connectivity index (χ0) is 13.8. The Kier molecular flexibility index (Phi) is 4.45. The van der Waals surface area contributed by atoms with Crippen molar-refractivity contribution in [3.63, 3.8) is 0 Å². The molecular weight excluding hydrogens is 306 g/mol. The fourth-order valence-electron chi connectivity index (χ4n) is 1.88. The lowest BCUT2D eigenvalue weighted by Gasteiger charge is -2.15. The molecule has 0 amide bonds. The Morgan fingerprint density at radius 2 is 1.89 bits per heavy atom. The average molecular weight is 322 g/mol. The van der Waals surface area contributed by atoms with Gasteiger partial charge in [0.25, 0.3) is 0 Å². The zero-order valence-electron chi connectivity index (χ0n) is 10.6. The van der Waals surface area contributed by atoms with Gasteiger partial charge in [0.2, 0.25) is 0 Å². The minimum Gasteiger partial charge on any atom is -0.508 e. The van der Waals surface area contributed by atoms with Gasteiger partial charge in [-0.15, -0.1) is 0 Å². The second-order valence-electron chi connectivity index (χ2n) is 4.45. The van der Waals surface area contributed by atoms with Gasteiger partial charge in [-0.05, 0) is 46.6 Å². The van der Waals surface area contributed by atoms with E-state index >= 15 is 0 Å². The molecule has 0 aliphatic heterocycles. The summed E-state index contributed by atoms with van der Waals surface area (Å²) >= 11 is 3.30. The van der Waals surface area contributed by atoms with Crippen LogP contribution in [0.1, 0.15) is 24.1 Å². The van der Waals surface area contributed by atoms with Crippen LogP contribution in [0.4, 0.5) is 0 Å². The summed E-state index contributed by atoms with van der Waals surface area (Å²) in [4.78, 5) is 0. The topological polar surface area (TPSA) is 52.5 Å². The first-order chi connectivity index (χ1) is 9.08. The van der Waals surface area contributed by atoms with Crippen LogP contribution in [-0.2, 0) is 6.54 Å². The number of phenolic OH excluding ortho intramolecular Hbond substituents is 2. The molecule has 0 heterocycles. The number of rotatable bonds is 4. The van der Waals surface area contributed by atoms with Crippen LogP contribution in [0, 0.1) is 0 Å². The number of halogens is 1. The molecule has 3 N–H and O–H groups in total. The van der Waals surface area contributed by atoms with E-state index in [0.29, 0.717) is 11.0 Å². The number of para-hydroxylation sites is 1. The zero-order valence-corrected chi connectivity index (χ0v) is 12.2. The number of nitrogens with one attached hydrogen (secondary N) is 1. The lowest BCUT2D eigenvalue weighted by Crippen LogP contribution is -2.18. The molecule has 0 radical (unpaired) electrons. The van der Waals surface area contributed by atoms with Gasteiger partial charge in [-0.3, -0.25) is 0 Å². The molecule has 1 unspecified atom stereocenters. The first-order valence-corrected chi connectivity index (χ1v) is 6.86. The molecule has 0 saturated carbocycles. The molecule has 100 valence electrons. The molecule has 0 aromatic heterocycles. The molecule has 0 saturated heterocycles. The number of hydrogen-bond donors (Lipinski definition) is 3. The second-order valence-corrected chi connectivity index (χ2v) is 5.30. The molecular formula is C15H16BrNO2. The Bertz CT molecular complexity index is 572. The van der Waals surface area contributed by atoms with Gasteiger partial charge in [-0.1, -0.05) is 24.3 Å². The lowest BCUT2D eigenvalue weighted by atomic mass is 10.1. The highest BCUT2D eigenvalue weighted by molar-refractivity contribution is 9.10. The Balaban J connectivity index is 2.04. The van der Waals surface area contributed by atoms with E-state index in [4.69, 9.17) is 0 Å². The smallest absolute Gasteiger partial charge is 0.134 e. The molecule has 4 heteroatoms. The van der Waals surface area contributed by atoms with E-state index in [2.05, 4.69) is 21.2 Å². The van der Waals surface area contributed by atoms with E-state index in [0.717, 1.165) is 11.1 Å². The molecule has 0 fully saturated rings. The lowest BCUT2D eigenvalue weighted by molar-refractivity contribution is 0.455. The van der Waals surface area contributed by atoms with E-state index in [-0.39, 0.29) is 17.5 Å². The molecule has 19 heavy (non-hydrogen) atoms. The summed E-state index contributed by atoms with van der Waals surface area (Å²) < 4.78 is 0.691. The van der Waals surface area contributed by atoms with Crippen molar-refractivity contribution in [3.8, 4) is 11.5 Å². The second kappa shape index (κ2) is 6.08.